The molecule has 0 spiro atoms. The molecule has 0 N–H and O–H groups in total. The van der Waals surface area contributed by atoms with E-state index in [1.54, 1.807) is 22.3 Å². The summed E-state index contributed by atoms with van der Waals surface area (Å²) >= 11 is -3.15. The van der Waals surface area contributed by atoms with E-state index in [0.717, 1.165) is 0 Å². The molecule has 38 heavy (non-hydrogen) atoms. The summed E-state index contributed by atoms with van der Waals surface area (Å²) in [6, 6.07) is 35.9. The predicted molar refractivity (Wildman–Crippen MR) is 157 cm³/mol. The quantitative estimate of drug-likeness (QED) is 0.322. The molecule has 0 bridgehead atoms. The van der Waals surface area contributed by atoms with Gasteiger partial charge in [-0.05, 0) is 0 Å². The normalized spacial score (nSPS) is 17.3. The van der Waals surface area contributed by atoms with Crippen LogP contribution in [0.1, 0.15) is 44.5 Å². The average Bonchev–Trinajstić information content (AvgIpc) is 3.40. The van der Waals surface area contributed by atoms with E-state index < -0.39 is 14.0 Å². The first kappa shape index (κ1) is 28.9. The average molecular weight is 590 g/mol. The Morgan fingerprint density at radius 1 is 0.526 bits per heavy atom. The smallest absolute Gasteiger partial charge is 1.00 e. The predicted octanol–water partition coefficient (Wildman–Crippen LogP) is 2.98. The second-order valence-corrected chi connectivity index (χ2v) is 32.2. The fourth-order valence-electron chi connectivity index (χ4n) is 7.38. The Morgan fingerprint density at radius 2 is 0.895 bits per heavy atom. The van der Waals surface area contributed by atoms with Crippen molar-refractivity contribution in [1.82, 2.24) is 0 Å². The van der Waals surface area contributed by atoms with Crippen LogP contribution >= 0.6 is 0 Å². The maximum atomic E-state index is 2.69. The molecule has 0 amide bonds. The topological polar surface area (TPSA) is 0 Å². The molecule has 4 aromatic rings. The van der Waals surface area contributed by atoms with Gasteiger partial charge in [0.15, 0.2) is 0 Å². The van der Waals surface area contributed by atoms with Gasteiger partial charge >= 0.3 is 219 Å². The minimum Gasteiger partial charge on any atom is -1.00 e. The Hall–Kier alpha value is -2.13. The van der Waals surface area contributed by atoms with Gasteiger partial charge in [0.05, 0.1) is 0 Å². The molecule has 2 aliphatic carbocycles. The molecule has 0 aromatic heterocycles. The van der Waals surface area contributed by atoms with Crippen LogP contribution in [-0.4, -0.2) is 7.63 Å². The van der Waals surface area contributed by atoms with E-state index in [-0.39, 0.29) is 24.8 Å². The molecule has 0 saturated heterocycles. The molecule has 2 aliphatic rings. The van der Waals surface area contributed by atoms with E-state index >= 15 is 0 Å². The van der Waals surface area contributed by atoms with Crippen molar-refractivity contribution in [3.8, 4) is 22.3 Å². The molecule has 2 atom stereocenters. The molecule has 4 heteroatoms. The van der Waals surface area contributed by atoms with Gasteiger partial charge in [-0.25, -0.2) is 0 Å². The van der Waals surface area contributed by atoms with Crippen molar-refractivity contribution < 1.29 is 38.9 Å². The summed E-state index contributed by atoms with van der Waals surface area (Å²) in [6.07, 6.45) is 4.95. The molecule has 0 saturated carbocycles. The summed E-state index contributed by atoms with van der Waals surface area (Å²) in [4.78, 5) is 0. The first-order valence-corrected chi connectivity index (χ1v) is 22.0. The SMILES string of the molecule is CC1=Cc2cc(-c3ccccc3)ccc2[CH]1[Ti+2]([CH3])([CH3])(=[SiH2])[CH]1C(C)=Cc2cc(-c3ccccc3)ccc21.[Cl-].[Cl-]. The second kappa shape index (κ2) is 10.5. The van der Waals surface area contributed by atoms with Crippen LogP contribution in [0.3, 0.4) is 0 Å². The van der Waals surface area contributed by atoms with Crippen molar-refractivity contribution >= 4 is 19.8 Å². The minimum absolute atomic E-state index is 0. The van der Waals surface area contributed by atoms with Gasteiger partial charge in [-0.2, -0.15) is 0 Å². The van der Waals surface area contributed by atoms with Crippen LogP contribution in [0, 0.1) is 0 Å². The van der Waals surface area contributed by atoms with Gasteiger partial charge < -0.3 is 24.8 Å². The van der Waals surface area contributed by atoms with Crippen molar-refractivity contribution in [3.05, 3.63) is 130 Å². The van der Waals surface area contributed by atoms with Crippen LogP contribution in [-0.2, 0) is 14.0 Å². The van der Waals surface area contributed by atoms with Gasteiger partial charge in [0.2, 0.25) is 0 Å². The third-order valence-corrected chi connectivity index (χ3v) is 20.3. The zero-order valence-electron chi connectivity index (χ0n) is 22.5. The molecular weight excluding hydrogens is 555 g/mol. The molecule has 0 nitrogen and oxygen atoms in total. The number of hydrogen-bond acceptors (Lipinski definition) is 0. The van der Waals surface area contributed by atoms with E-state index in [1.165, 1.54) is 33.4 Å². The van der Waals surface area contributed by atoms with Crippen LogP contribution in [0.15, 0.2) is 108 Å². The zero-order chi connectivity index (χ0) is 25.1. The van der Waals surface area contributed by atoms with Crippen molar-refractivity contribution in [2.75, 3.05) is 0 Å². The number of benzene rings is 4. The Kier molecular flexibility index (Phi) is 7.94. The molecular formula is C34H34Cl2SiTi. The summed E-state index contributed by atoms with van der Waals surface area (Å²) in [7, 11) is 2.40. The number of hydrogen-bond donors (Lipinski definition) is 0. The van der Waals surface area contributed by atoms with E-state index in [2.05, 4.69) is 141 Å². The van der Waals surface area contributed by atoms with Crippen molar-refractivity contribution in [2.24, 2.45) is 0 Å². The van der Waals surface area contributed by atoms with Gasteiger partial charge in [0, 0.05) is 0 Å². The fourth-order valence-corrected chi connectivity index (χ4v) is 21.3. The Labute approximate surface area is 242 Å². The second-order valence-electron chi connectivity index (χ2n) is 12.0. The third kappa shape index (κ3) is 4.74. The largest absolute Gasteiger partial charge is 1.00 e. The number of fused-ring (bicyclic) bond motifs is 2. The van der Waals surface area contributed by atoms with Crippen LogP contribution in [0.4, 0.5) is 0 Å². The van der Waals surface area contributed by atoms with E-state index in [9.17, 15) is 0 Å². The maximum absolute atomic E-state index is 3.15. The van der Waals surface area contributed by atoms with Crippen LogP contribution in [0.5, 0.6) is 0 Å². The van der Waals surface area contributed by atoms with Crippen LogP contribution in [0.25, 0.3) is 34.4 Å². The van der Waals surface area contributed by atoms with Crippen molar-refractivity contribution in [1.29, 1.82) is 0 Å². The van der Waals surface area contributed by atoms with Gasteiger partial charge in [-0.3, -0.25) is 0 Å². The fraction of sp³-hybridized carbons (Fsp3) is 0.176. The molecule has 6 rings (SSSR count). The van der Waals surface area contributed by atoms with Crippen LogP contribution in [0.2, 0.25) is 10.5 Å². The molecule has 0 radical (unpaired) electrons. The van der Waals surface area contributed by atoms with Crippen molar-refractivity contribution in [2.45, 2.75) is 32.7 Å². The summed E-state index contributed by atoms with van der Waals surface area (Å²) in [5, 5.41) is 5.39. The van der Waals surface area contributed by atoms with Crippen LogP contribution < -0.4 is 24.8 Å². The zero-order valence-corrected chi connectivity index (χ0v) is 27.0. The molecule has 0 aliphatic heterocycles. The molecule has 0 fully saturated rings. The van der Waals surface area contributed by atoms with Gasteiger partial charge in [-0.1, -0.05) is 0 Å². The monoisotopic (exact) mass is 588 g/mol. The maximum Gasteiger partial charge on any atom is -1.00 e. The molecule has 2 unspecified atom stereocenters. The standard InChI is InChI=1S/2C16H13.2CH3.2ClH.H2Si.Ti/c2*1-12-9-14-7-8-15(11-16(14)10-12)13-5-3-2-4-6-13;;;;;;/h2*2-11H,1H3;2*1H3;2*1H;1H2;/q;;;;;;;+2/p-2. The molecule has 192 valence electrons. The Morgan fingerprint density at radius 3 is 1.26 bits per heavy atom. The summed E-state index contributed by atoms with van der Waals surface area (Å²) < 4.78 is 1.10. The number of allylic oxidation sites excluding steroid dienone is 2. The Bertz CT molecular complexity index is 1510. The van der Waals surface area contributed by atoms with E-state index in [4.69, 9.17) is 0 Å². The number of rotatable bonds is 4. The summed E-state index contributed by atoms with van der Waals surface area (Å²) in [6.45, 7) is 4.76. The third-order valence-electron chi connectivity index (χ3n) is 8.58. The minimum atomic E-state index is -3.15. The van der Waals surface area contributed by atoms with Gasteiger partial charge in [-0.15, -0.1) is 0 Å². The van der Waals surface area contributed by atoms with E-state index in [1.807, 2.05) is 0 Å². The summed E-state index contributed by atoms with van der Waals surface area (Å²) in [5.41, 5.74) is 14.2. The molecule has 4 aromatic carbocycles. The van der Waals surface area contributed by atoms with Crippen molar-refractivity contribution in [3.63, 3.8) is 0 Å². The first-order valence-electron chi connectivity index (χ1n) is 13.0. The summed E-state index contributed by atoms with van der Waals surface area (Å²) in [5.74, 6) is 0. The number of halogens is 2. The first-order chi connectivity index (χ1) is 17.2. The molecule has 0 heterocycles. The van der Waals surface area contributed by atoms with E-state index in [0.29, 0.717) is 8.45 Å². The van der Waals surface area contributed by atoms with Gasteiger partial charge in [0.25, 0.3) is 0 Å². The Balaban J connectivity index is 0.00000168. The van der Waals surface area contributed by atoms with Gasteiger partial charge in [0.1, 0.15) is 0 Å².